The minimum absolute atomic E-state index is 0.372. The molecule has 1 aliphatic heterocycles. The number of benzene rings is 1. The van der Waals surface area contributed by atoms with E-state index in [2.05, 4.69) is 25.1 Å². The maximum absolute atomic E-state index is 5.53. The van der Waals surface area contributed by atoms with Crippen molar-refractivity contribution in [1.82, 2.24) is 29.8 Å². The van der Waals surface area contributed by atoms with Gasteiger partial charge in [-0.2, -0.15) is 10.1 Å². The second-order valence-corrected chi connectivity index (χ2v) is 6.45. The lowest BCUT2D eigenvalue weighted by atomic mass is 9.96. The van der Waals surface area contributed by atoms with Gasteiger partial charge in [-0.05, 0) is 38.9 Å². The van der Waals surface area contributed by atoms with Crippen LogP contribution >= 0.6 is 0 Å². The highest BCUT2D eigenvalue weighted by Crippen LogP contribution is 2.28. The first-order valence-electron chi connectivity index (χ1n) is 8.82. The zero-order valence-electron chi connectivity index (χ0n) is 14.2. The van der Waals surface area contributed by atoms with E-state index in [1.807, 2.05) is 35.0 Å². The molecule has 0 aliphatic carbocycles. The number of piperidine rings is 1. The third-order valence-corrected chi connectivity index (χ3v) is 4.74. The summed E-state index contributed by atoms with van der Waals surface area (Å²) >= 11 is 0. The van der Waals surface area contributed by atoms with Gasteiger partial charge in [0.1, 0.15) is 12.7 Å². The van der Waals surface area contributed by atoms with E-state index in [0.29, 0.717) is 11.7 Å². The fourth-order valence-electron chi connectivity index (χ4n) is 3.31. The molecule has 1 aliphatic rings. The van der Waals surface area contributed by atoms with Crippen LogP contribution in [0.5, 0.6) is 0 Å². The van der Waals surface area contributed by atoms with E-state index in [1.54, 1.807) is 12.7 Å². The summed E-state index contributed by atoms with van der Waals surface area (Å²) in [5, 5.41) is 8.28. The van der Waals surface area contributed by atoms with Crippen molar-refractivity contribution in [1.29, 1.82) is 0 Å². The molecule has 0 amide bonds. The summed E-state index contributed by atoms with van der Waals surface area (Å²) < 4.78 is 7.41. The van der Waals surface area contributed by atoms with Gasteiger partial charge in [0.2, 0.25) is 11.7 Å². The molecule has 0 spiro atoms. The number of hydrogen-bond donors (Lipinski definition) is 0. The van der Waals surface area contributed by atoms with Gasteiger partial charge in [-0.15, -0.1) is 0 Å². The van der Waals surface area contributed by atoms with Crippen LogP contribution in [-0.4, -0.2) is 49.4 Å². The zero-order valence-corrected chi connectivity index (χ0v) is 14.2. The van der Waals surface area contributed by atoms with E-state index < -0.39 is 0 Å². The largest absolute Gasteiger partial charge is 0.339 e. The molecule has 3 heterocycles. The van der Waals surface area contributed by atoms with Crippen LogP contribution in [0.3, 0.4) is 0 Å². The number of hydrogen-bond acceptors (Lipinski definition) is 6. The smallest absolute Gasteiger partial charge is 0.230 e. The molecular formula is C18H22N6O. The molecular weight excluding hydrogens is 316 g/mol. The molecule has 0 radical (unpaired) electrons. The van der Waals surface area contributed by atoms with Gasteiger partial charge in [0, 0.05) is 18.0 Å². The third kappa shape index (κ3) is 3.93. The number of rotatable bonds is 6. The monoisotopic (exact) mass is 338 g/mol. The zero-order chi connectivity index (χ0) is 16.9. The Bertz CT molecular complexity index is 762. The minimum Gasteiger partial charge on any atom is -0.339 e. The van der Waals surface area contributed by atoms with E-state index in [9.17, 15) is 0 Å². The SMILES string of the molecule is c1ccc(-c2noc(C3CCN(CCCn4cncn4)CC3)n2)cc1. The van der Waals surface area contributed by atoms with Crippen molar-refractivity contribution in [2.45, 2.75) is 31.7 Å². The van der Waals surface area contributed by atoms with E-state index >= 15 is 0 Å². The molecule has 2 aromatic heterocycles. The maximum atomic E-state index is 5.53. The number of nitrogens with zero attached hydrogens (tertiary/aromatic N) is 6. The molecule has 25 heavy (non-hydrogen) atoms. The van der Waals surface area contributed by atoms with Crippen molar-refractivity contribution in [3.63, 3.8) is 0 Å². The van der Waals surface area contributed by atoms with E-state index in [0.717, 1.165) is 56.9 Å². The molecule has 7 nitrogen and oxygen atoms in total. The number of likely N-dealkylation sites (tertiary alicyclic amines) is 1. The Hall–Kier alpha value is -2.54. The van der Waals surface area contributed by atoms with Crippen molar-refractivity contribution in [3.05, 3.63) is 48.9 Å². The molecule has 1 fully saturated rings. The molecule has 0 saturated carbocycles. The molecule has 130 valence electrons. The standard InChI is InChI=1S/C18H22N6O/c1-2-5-15(6-3-1)17-21-18(25-22-17)16-7-11-23(12-8-16)9-4-10-24-14-19-13-20-24/h1-3,5-6,13-14,16H,4,7-12H2. The molecule has 7 heteroatoms. The van der Waals surface area contributed by atoms with Crippen LogP contribution in [0, 0.1) is 0 Å². The fourth-order valence-corrected chi connectivity index (χ4v) is 3.31. The summed E-state index contributed by atoms with van der Waals surface area (Å²) in [6, 6.07) is 9.98. The van der Waals surface area contributed by atoms with Gasteiger partial charge in [-0.3, -0.25) is 4.68 Å². The Labute approximate surface area is 146 Å². The normalized spacial score (nSPS) is 16.3. The Kier molecular flexibility index (Phi) is 4.83. The molecule has 0 atom stereocenters. The van der Waals surface area contributed by atoms with Crippen LogP contribution in [-0.2, 0) is 6.54 Å². The summed E-state index contributed by atoms with van der Waals surface area (Å²) in [6.07, 6.45) is 6.58. The molecule has 1 aromatic carbocycles. The number of aromatic nitrogens is 5. The highest BCUT2D eigenvalue weighted by atomic mass is 16.5. The van der Waals surface area contributed by atoms with Gasteiger partial charge in [0.25, 0.3) is 0 Å². The quantitative estimate of drug-likeness (QED) is 0.688. The van der Waals surface area contributed by atoms with Crippen molar-refractivity contribution < 1.29 is 4.52 Å². The summed E-state index contributed by atoms with van der Waals surface area (Å²) in [6.45, 7) is 4.16. The molecule has 0 N–H and O–H groups in total. The van der Waals surface area contributed by atoms with Gasteiger partial charge in [0.15, 0.2) is 0 Å². The van der Waals surface area contributed by atoms with E-state index in [1.165, 1.54) is 0 Å². The van der Waals surface area contributed by atoms with Gasteiger partial charge in [-0.1, -0.05) is 35.5 Å². The first-order valence-corrected chi connectivity index (χ1v) is 8.82. The van der Waals surface area contributed by atoms with Crippen LogP contribution < -0.4 is 0 Å². The van der Waals surface area contributed by atoms with Crippen LogP contribution in [0.15, 0.2) is 47.5 Å². The molecule has 0 bridgehead atoms. The topological polar surface area (TPSA) is 72.9 Å². The van der Waals surface area contributed by atoms with Gasteiger partial charge >= 0.3 is 0 Å². The minimum atomic E-state index is 0.372. The second-order valence-electron chi connectivity index (χ2n) is 6.45. The van der Waals surface area contributed by atoms with Gasteiger partial charge in [0.05, 0.1) is 0 Å². The lowest BCUT2D eigenvalue weighted by Crippen LogP contribution is -2.34. The molecule has 4 rings (SSSR count). The first kappa shape index (κ1) is 16.0. The average Bonchev–Trinajstić information content (AvgIpc) is 3.35. The van der Waals surface area contributed by atoms with Crippen molar-refractivity contribution in [3.8, 4) is 11.4 Å². The summed E-state index contributed by atoms with van der Waals surface area (Å²) in [4.78, 5) is 11.1. The Morgan fingerprint density at radius 2 is 1.92 bits per heavy atom. The van der Waals surface area contributed by atoms with Crippen molar-refractivity contribution in [2.75, 3.05) is 19.6 Å². The Morgan fingerprint density at radius 1 is 1.08 bits per heavy atom. The average molecular weight is 338 g/mol. The Morgan fingerprint density at radius 3 is 2.68 bits per heavy atom. The molecule has 1 saturated heterocycles. The van der Waals surface area contributed by atoms with Crippen LogP contribution in [0.25, 0.3) is 11.4 Å². The highest BCUT2D eigenvalue weighted by Gasteiger charge is 2.25. The second kappa shape index (κ2) is 7.57. The van der Waals surface area contributed by atoms with E-state index in [-0.39, 0.29) is 0 Å². The van der Waals surface area contributed by atoms with Crippen LogP contribution in [0.2, 0.25) is 0 Å². The molecule has 0 unspecified atom stereocenters. The van der Waals surface area contributed by atoms with Gasteiger partial charge in [-0.25, -0.2) is 4.98 Å². The van der Waals surface area contributed by atoms with Crippen molar-refractivity contribution >= 4 is 0 Å². The summed E-state index contributed by atoms with van der Waals surface area (Å²) in [7, 11) is 0. The fraction of sp³-hybridized carbons (Fsp3) is 0.444. The lowest BCUT2D eigenvalue weighted by Gasteiger charge is -2.30. The van der Waals surface area contributed by atoms with Crippen LogP contribution in [0.1, 0.15) is 31.1 Å². The maximum Gasteiger partial charge on any atom is 0.230 e. The first-order chi connectivity index (χ1) is 12.4. The number of aryl methyl sites for hydroxylation is 1. The van der Waals surface area contributed by atoms with E-state index in [4.69, 9.17) is 4.52 Å². The predicted octanol–water partition coefficient (Wildman–Crippen LogP) is 2.60. The summed E-state index contributed by atoms with van der Waals surface area (Å²) in [5.41, 5.74) is 1.00. The molecule has 3 aromatic rings. The van der Waals surface area contributed by atoms with Crippen LogP contribution in [0.4, 0.5) is 0 Å². The summed E-state index contributed by atoms with van der Waals surface area (Å²) in [5.74, 6) is 1.84. The van der Waals surface area contributed by atoms with Gasteiger partial charge < -0.3 is 9.42 Å². The highest BCUT2D eigenvalue weighted by molar-refractivity contribution is 5.53. The third-order valence-electron chi connectivity index (χ3n) is 4.74. The lowest BCUT2D eigenvalue weighted by molar-refractivity contribution is 0.189. The Balaban J connectivity index is 1.27. The van der Waals surface area contributed by atoms with Crippen molar-refractivity contribution in [2.24, 2.45) is 0 Å². The predicted molar refractivity (Wildman–Crippen MR) is 92.8 cm³/mol.